The summed E-state index contributed by atoms with van der Waals surface area (Å²) in [5, 5.41) is 37.5. The number of hydrogen-bond donors (Lipinski definition) is 0. The minimum atomic E-state index is 0. The van der Waals surface area contributed by atoms with Gasteiger partial charge in [0.25, 0.3) is 0 Å². The van der Waals surface area contributed by atoms with Crippen molar-refractivity contribution in [3.8, 4) is 0 Å². The normalized spacial score (nSPS) is 0.857. The van der Waals surface area contributed by atoms with Crippen molar-refractivity contribution >= 4 is 0 Å². The predicted molar refractivity (Wildman–Crippen MR) is 30.9 cm³/mol. The average molecular weight is 239 g/mol. The summed E-state index contributed by atoms with van der Waals surface area (Å²) in [6.07, 6.45) is 0. The van der Waals surface area contributed by atoms with Gasteiger partial charge in [-0.2, -0.15) is 0 Å². The van der Waals surface area contributed by atoms with E-state index in [1.54, 1.807) is 0 Å². The molecule has 0 aliphatic heterocycles. The van der Waals surface area contributed by atoms with Crippen molar-refractivity contribution < 1.29 is 47.5 Å². The molecule has 0 aliphatic rings. The molecule has 0 N–H and O–H groups in total. The summed E-state index contributed by atoms with van der Waals surface area (Å²) in [5.74, 6) is 0. The Morgan fingerprint density at radius 3 is 0.429 bits per heavy atom. The third-order valence-electron chi connectivity index (χ3n) is 0. The Morgan fingerprint density at radius 2 is 0.429 bits per heavy atom. The third kappa shape index (κ3) is 378. The summed E-state index contributed by atoms with van der Waals surface area (Å²) >= 11 is 0. The van der Waals surface area contributed by atoms with Crippen LogP contribution in [0.1, 0.15) is 1.43 Å². The van der Waals surface area contributed by atoms with Crippen molar-refractivity contribution in [3.63, 3.8) is 0 Å². The van der Waals surface area contributed by atoms with Crippen LogP contribution in [0.5, 0.6) is 0 Å². The molecule has 0 rings (SSSR count). The molecule has 6 nitrogen and oxygen atoms in total. The van der Waals surface area contributed by atoms with Gasteiger partial charge in [0.15, 0.2) is 0 Å². The van der Waals surface area contributed by atoms with Gasteiger partial charge in [-0.3, -0.25) is 0 Å². The van der Waals surface area contributed by atoms with E-state index in [0.717, 1.165) is 0 Å². The van der Waals surface area contributed by atoms with Crippen LogP contribution in [0.2, 0.25) is 0 Å². The molecular weight excluding hydrogens is 238 g/mol. The summed E-state index contributed by atoms with van der Waals surface area (Å²) in [5.41, 5.74) is 0. The molecule has 72 valence electrons. The zero-order chi connectivity index (χ0) is 12.0. The van der Waals surface area contributed by atoms with Crippen molar-refractivity contribution in [2.45, 2.75) is 0 Å². The van der Waals surface area contributed by atoms with E-state index in [0.29, 0.717) is 0 Å². The Bertz CT molecular complexity index is 103. The van der Waals surface area contributed by atoms with E-state index in [2.05, 4.69) is 0 Å². The van der Waals surface area contributed by atoms with Crippen LogP contribution in [-0.2, 0) is 16.5 Å². The van der Waals surface area contributed by atoms with Crippen LogP contribution in [0.15, 0.2) is 0 Å². The van der Waals surface area contributed by atoms with Gasteiger partial charge in [0.05, 0.1) is 0 Å². The molecule has 0 aliphatic carbocycles. The second-order valence-corrected chi connectivity index (χ2v) is 0. The van der Waals surface area contributed by atoms with Crippen LogP contribution < -0.4 is 29.6 Å². The van der Waals surface area contributed by atoms with Gasteiger partial charge >= 0.3 is 29.6 Å². The zero-order valence-corrected chi connectivity index (χ0v) is 9.99. The molecule has 0 unspecified atom stereocenters. The van der Waals surface area contributed by atoms with Gasteiger partial charge in [-0.05, 0) is 0 Å². The molecule has 0 amide bonds. The number of hydrogen-bond acceptors (Lipinski definition) is 6. The molecule has 0 bridgehead atoms. The Kier molecular flexibility index (Phi) is 3000. The second kappa shape index (κ2) is 507. The molecule has 0 atom stereocenters. The minimum Gasteiger partial charge on any atom is -1.00 e. The molecule has 0 fully saturated rings. The molecule has 0 heterocycles. The Morgan fingerprint density at radius 1 is 0.429 bits per heavy atom. The fourth-order valence-corrected chi connectivity index (χ4v) is 0. The van der Waals surface area contributed by atoms with Crippen molar-refractivity contribution in [2.24, 2.45) is 0 Å². The van der Waals surface area contributed by atoms with E-state index in [4.69, 9.17) is 71.0 Å². The molecule has 0 aromatic heterocycles. The smallest absolute Gasteiger partial charge is 1.00 e. The van der Waals surface area contributed by atoms with Crippen LogP contribution in [0.4, 0.5) is 0 Å². The largest absolute Gasteiger partial charge is 1.00 e. The Hall–Kier alpha value is -1.57. The molecule has 8 heteroatoms. The van der Waals surface area contributed by atoms with E-state index < -0.39 is 0 Å². The molecule has 0 saturated heterocycles. The summed E-state index contributed by atoms with van der Waals surface area (Å²) < 4.78 is 0. The van der Waals surface area contributed by atoms with Crippen molar-refractivity contribution in [1.29, 1.82) is 31.6 Å². The zero-order valence-electron chi connectivity index (χ0n) is 8.00. The molecule has 0 aromatic rings. The van der Waals surface area contributed by atoms with Gasteiger partial charge in [-0.1, -0.05) is 0 Å². The van der Waals surface area contributed by atoms with Crippen LogP contribution in [-0.4, -0.2) is 0 Å². The molecule has 0 aromatic carbocycles. The van der Waals surface area contributed by atoms with Gasteiger partial charge in [0, 0.05) is 16.5 Å². The average Bonchev–Trinajstić information content (AvgIpc) is 2.33. The Balaban J connectivity index is -0.00000000396. The quantitative estimate of drug-likeness (QED) is 0.343. The Labute approximate surface area is 118 Å². The maximum absolute atomic E-state index is 6.25. The molecule has 0 spiro atoms. The molecule has 14 heavy (non-hydrogen) atoms. The number of nitrogens with zero attached hydrogens (tertiary/aromatic N) is 6. The summed E-state index contributed by atoms with van der Waals surface area (Å²) in [7, 11) is 0. The van der Waals surface area contributed by atoms with Crippen LogP contribution in [0, 0.1) is 71.0 Å². The topological polar surface area (TPSA) is 143 Å². The van der Waals surface area contributed by atoms with E-state index in [1.807, 2.05) is 0 Å². The fraction of sp³-hybridized carbons (Fsp3) is 0. The van der Waals surface area contributed by atoms with Crippen LogP contribution >= 0.6 is 0 Å². The maximum atomic E-state index is 6.25. The fourth-order valence-electron chi connectivity index (χ4n) is 0. The van der Waals surface area contributed by atoms with E-state index in [9.17, 15) is 0 Å². The van der Waals surface area contributed by atoms with Gasteiger partial charge in [-0.15, -0.1) is 0 Å². The first-order valence-corrected chi connectivity index (χ1v) is 1.34. The SMILES string of the molecule is [C-]#N.[C-]#N.[C-]#N.[C-]#N.[C-]#N.[C-]#N.[H-].[Na+].[Ni]. The molecule has 0 radical (unpaired) electrons. The first-order chi connectivity index (χ1) is 6.00. The standard InChI is InChI=1S/6CN.Na.Ni.H/c6*1-2;;;/q6*-1;+1;;-1. The van der Waals surface area contributed by atoms with Gasteiger partial charge in [0.2, 0.25) is 0 Å². The summed E-state index contributed by atoms with van der Waals surface area (Å²) in [6.45, 7) is 28.5. The van der Waals surface area contributed by atoms with Crippen molar-refractivity contribution in [2.75, 3.05) is 0 Å². The summed E-state index contributed by atoms with van der Waals surface area (Å²) in [6, 6.07) is 0. The first-order valence-electron chi connectivity index (χ1n) is 1.34. The maximum Gasteiger partial charge on any atom is 1.00 e. The van der Waals surface area contributed by atoms with Crippen molar-refractivity contribution in [3.05, 3.63) is 39.4 Å². The van der Waals surface area contributed by atoms with Crippen LogP contribution in [0.25, 0.3) is 0 Å². The van der Waals surface area contributed by atoms with Crippen molar-refractivity contribution in [1.82, 2.24) is 0 Å². The molecule has 0 saturated carbocycles. The van der Waals surface area contributed by atoms with Gasteiger partial charge < -0.3 is 72.4 Å². The predicted octanol–water partition coefficient (Wildman–Crippen LogP) is -2.31. The summed E-state index contributed by atoms with van der Waals surface area (Å²) in [4.78, 5) is 0. The first kappa shape index (κ1) is 82.7. The van der Waals surface area contributed by atoms with Crippen LogP contribution in [0.3, 0.4) is 0 Å². The third-order valence-corrected chi connectivity index (χ3v) is 0. The van der Waals surface area contributed by atoms with E-state index in [1.165, 1.54) is 0 Å². The van der Waals surface area contributed by atoms with E-state index >= 15 is 0 Å². The van der Waals surface area contributed by atoms with E-state index in [-0.39, 0.29) is 47.5 Å². The van der Waals surface area contributed by atoms with Gasteiger partial charge in [0.1, 0.15) is 0 Å². The number of rotatable bonds is 0. The molecular formula is C6HN6NaNi-6. The second-order valence-electron chi connectivity index (χ2n) is 0. The van der Waals surface area contributed by atoms with Gasteiger partial charge in [-0.25, -0.2) is 0 Å². The minimum absolute atomic E-state index is 0. The monoisotopic (exact) mass is 238 g/mol.